The SMILES string of the molecule is C#CCNCCNC(CC)(CC)CC. The van der Waals surface area contributed by atoms with Gasteiger partial charge >= 0.3 is 0 Å². The minimum absolute atomic E-state index is 0.331. The summed E-state index contributed by atoms with van der Waals surface area (Å²) in [5.74, 6) is 2.57. The molecule has 0 atom stereocenters. The molecule has 14 heavy (non-hydrogen) atoms. The van der Waals surface area contributed by atoms with Crippen LogP contribution in [0.25, 0.3) is 0 Å². The maximum Gasteiger partial charge on any atom is 0.0574 e. The third-order valence-electron chi connectivity index (χ3n) is 3.06. The number of rotatable bonds is 8. The van der Waals surface area contributed by atoms with Gasteiger partial charge in [0.15, 0.2) is 0 Å². The number of hydrogen-bond donors (Lipinski definition) is 2. The first-order valence-electron chi connectivity index (χ1n) is 5.63. The Hall–Kier alpha value is -0.520. The normalized spacial score (nSPS) is 11.3. The Morgan fingerprint density at radius 1 is 1.07 bits per heavy atom. The zero-order valence-corrected chi connectivity index (χ0v) is 9.82. The molecule has 2 N–H and O–H groups in total. The second-order valence-corrected chi connectivity index (χ2v) is 3.65. The summed E-state index contributed by atoms with van der Waals surface area (Å²) in [7, 11) is 0. The molecule has 0 aliphatic rings. The van der Waals surface area contributed by atoms with Crippen LogP contribution < -0.4 is 10.6 Å². The third kappa shape index (κ3) is 4.64. The minimum atomic E-state index is 0.331. The highest BCUT2D eigenvalue weighted by Crippen LogP contribution is 2.18. The first-order valence-corrected chi connectivity index (χ1v) is 5.63. The molecule has 0 aliphatic heterocycles. The molecule has 0 fully saturated rings. The Morgan fingerprint density at radius 2 is 1.64 bits per heavy atom. The highest BCUT2D eigenvalue weighted by molar-refractivity contribution is 4.87. The monoisotopic (exact) mass is 196 g/mol. The van der Waals surface area contributed by atoms with Crippen molar-refractivity contribution in [3.05, 3.63) is 0 Å². The third-order valence-corrected chi connectivity index (χ3v) is 3.06. The lowest BCUT2D eigenvalue weighted by Crippen LogP contribution is -2.46. The van der Waals surface area contributed by atoms with Crippen molar-refractivity contribution < 1.29 is 0 Å². The van der Waals surface area contributed by atoms with Crippen LogP contribution in [0.4, 0.5) is 0 Å². The van der Waals surface area contributed by atoms with E-state index in [4.69, 9.17) is 6.42 Å². The van der Waals surface area contributed by atoms with Crippen LogP contribution in [0.1, 0.15) is 40.0 Å². The van der Waals surface area contributed by atoms with Crippen LogP contribution in [0.15, 0.2) is 0 Å². The highest BCUT2D eigenvalue weighted by Gasteiger charge is 2.21. The first-order chi connectivity index (χ1) is 6.74. The summed E-state index contributed by atoms with van der Waals surface area (Å²) in [6.45, 7) is 9.35. The van der Waals surface area contributed by atoms with Crippen LogP contribution in [0.2, 0.25) is 0 Å². The van der Waals surface area contributed by atoms with Crippen LogP contribution in [-0.2, 0) is 0 Å². The molecule has 0 saturated heterocycles. The summed E-state index contributed by atoms with van der Waals surface area (Å²) >= 11 is 0. The van der Waals surface area contributed by atoms with Gasteiger partial charge in [0.25, 0.3) is 0 Å². The lowest BCUT2D eigenvalue weighted by molar-refractivity contribution is 0.291. The van der Waals surface area contributed by atoms with Crippen LogP contribution in [0, 0.1) is 12.3 Å². The lowest BCUT2D eigenvalue weighted by Gasteiger charge is -2.32. The van der Waals surface area contributed by atoms with Gasteiger partial charge in [-0.15, -0.1) is 6.42 Å². The van der Waals surface area contributed by atoms with Crippen molar-refractivity contribution in [1.82, 2.24) is 10.6 Å². The second kappa shape index (κ2) is 7.84. The van der Waals surface area contributed by atoms with Crippen molar-refractivity contribution in [3.63, 3.8) is 0 Å². The van der Waals surface area contributed by atoms with Gasteiger partial charge in [0.2, 0.25) is 0 Å². The summed E-state index contributed by atoms with van der Waals surface area (Å²) in [6.07, 6.45) is 8.71. The van der Waals surface area contributed by atoms with Crippen LogP contribution in [0.5, 0.6) is 0 Å². The predicted octanol–water partition coefficient (Wildman–Crippen LogP) is 1.77. The van der Waals surface area contributed by atoms with E-state index in [0.717, 1.165) is 13.1 Å². The molecule has 0 aromatic carbocycles. The Morgan fingerprint density at radius 3 is 2.07 bits per heavy atom. The van der Waals surface area contributed by atoms with Crippen molar-refractivity contribution in [2.75, 3.05) is 19.6 Å². The van der Waals surface area contributed by atoms with E-state index in [1.165, 1.54) is 19.3 Å². The quantitative estimate of drug-likeness (QED) is 0.457. The van der Waals surface area contributed by atoms with E-state index in [2.05, 4.69) is 37.3 Å². The van der Waals surface area contributed by atoms with Crippen LogP contribution >= 0.6 is 0 Å². The van der Waals surface area contributed by atoms with Crippen LogP contribution in [-0.4, -0.2) is 25.2 Å². The van der Waals surface area contributed by atoms with E-state index in [1.807, 2.05) is 0 Å². The molecule has 0 radical (unpaired) electrons. The summed E-state index contributed by atoms with van der Waals surface area (Å²) in [6, 6.07) is 0. The summed E-state index contributed by atoms with van der Waals surface area (Å²) in [5, 5.41) is 6.79. The Bertz CT molecular complexity index is 157. The molecule has 82 valence electrons. The molecule has 0 aromatic rings. The average molecular weight is 196 g/mol. The highest BCUT2D eigenvalue weighted by atomic mass is 15.0. The number of nitrogens with one attached hydrogen (secondary N) is 2. The molecule has 0 aromatic heterocycles. The standard InChI is InChI=1S/C12H24N2/c1-5-9-13-10-11-14-12(6-2,7-3)8-4/h1,13-14H,6-11H2,2-4H3. The van der Waals surface area contributed by atoms with E-state index in [9.17, 15) is 0 Å². The molecular formula is C12H24N2. The maximum absolute atomic E-state index is 5.14. The van der Waals surface area contributed by atoms with Gasteiger partial charge in [-0.1, -0.05) is 26.7 Å². The molecule has 2 nitrogen and oxygen atoms in total. The first kappa shape index (κ1) is 13.5. The van der Waals surface area contributed by atoms with E-state index < -0.39 is 0 Å². The van der Waals surface area contributed by atoms with Gasteiger partial charge < -0.3 is 10.6 Å². The van der Waals surface area contributed by atoms with Crippen LogP contribution in [0.3, 0.4) is 0 Å². The fourth-order valence-electron chi connectivity index (χ4n) is 1.70. The average Bonchev–Trinajstić information content (AvgIpc) is 2.24. The zero-order chi connectivity index (χ0) is 10.9. The molecule has 0 heterocycles. The summed E-state index contributed by atoms with van der Waals surface area (Å²) in [4.78, 5) is 0. The topological polar surface area (TPSA) is 24.1 Å². The minimum Gasteiger partial charge on any atom is -0.310 e. The van der Waals surface area contributed by atoms with Gasteiger partial charge in [-0.3, -0.25) is 0 Å². The Balaban J connectivity index is 3.67. The molecule has 0 aliphatic carbocycles. The van der Waals surface area contributed by atoms with Gasteiger partial charge in [0.1, 0.15) is 0 Å². The van der Waals surface area contributed by atoms with E-state index in [-0.39, 0.29) is 0 Å². The molecule has 0 rings (SSSR count). The fraction of sp³-hybridized carbons (Fsp3) is 0.833. The van der Waals surface area contributed by atoms with Crippen molar-refractivity contribution in [2.24, 2.45) is 0 Å². The summed E-state index contributed by atoms with van der Waals surface area (Å²) < 4.78 is 0. The number of terminal acetylenes is 1. The van der Waals surface area contributed by atoms with Gasteiger partial charge in [-0.2, -0.15) is 0 Å². The molecule has 0 spiro atoms. The summed E-state index contributed by atoms with van der Waals surface area (Å²) in [5.41, 5.74) is 0.331. The van der Waals surface area contributed by atoms with Crippen molar-refractivity contribution >= 4 is 0 Å². The molecule has 0 unspecified atom stereocenters. The van der Waals surface area contributed by atoms with Crippen molar-refractivity contribution in [2.45, 2.75) is 45.6 Å². The van der Waals surface area contributed by atoms with Gasteiger partial charge in [-0.05, 0) is 19.3 Å². The molecule has 0 amide bonds. The molecule has 2 heteroatoms. The van der Waals surface area contributed by atoms with Crippen molar-refractivity contribution in [3.8, 4) is 12.3 Å². The largest absolute Gasteiger partial charge is 0.310 e. The predicted molar refractivity (Wildman–Crippen MR) is 63.3 cm³/mol. The molecular weight excluding hydrogens is 172 g/mol. The lowest BCUT2D eigenvalue weighted by atomic mass is 9.90. The Labute approximate surface area is 88.9 Å². The van der Waals surface area contributed by atoms with E-state index >= 15 is 0 Å². The van der Waals surface area contributed by atoms with Gasteiger partial charge in [0, 0.05) is 18.6 Å². The zero-order valence-electron chi connectivity index (χ0n) is 9.82. The van der Waals surface area contributed by atoms with E-state index in [0.29, 0.717) is 12.1 Å². The smallest absolute Gasteiger partial charge is 0.0574 e. The number of hydrogen-bond acceptors (Lipinski definition) is 2. The molecule has 0 saturated carbocycles. The van der Waals surface area contributed by atoms with Gasteiger partial charge in [0.05, 0.1) is 6.54 Å². The van der Waals surface area contributed by atoms with Crippen molar-refractivity contribution in [1.29, 1.82) is 0 Å². The van der Waals surface area contributed by atoms with Gasteiger partial charge in [-0.25, -0.2) is 0 Å². The fourth-order valence-corrected chi connectivity index (χ4v) is 1.70. The second-order valence-electron chi connectivity index (χ2n) is 3.65. The molecule has 0 bridgehead atoms. The van der Waals surface area contributed by atoms with E-state index in [1.54, 1.807) is 0 Å². The maximum atomic E-state index is 5.14. The Kier molecular flexibility index (Phi) is 7.55.